The summed E-state index contributed by atoms with van der Waals surface area (Å²) in [4.78, 5) is 5.65. The first-order chi connectivity index (χ1) is 16.5. The van der Waals surface area contributed by atoms with Gasteiger partial charge in [-0.05, 0) is 42.0 Å². The molecule has 0 aliphatic rings. The molecule has 0 radical (unpaired) electrons. The largest absolute Gasteiger partial charge is 0.295 e. The molecule has 0 aliphatic carbocycles. The molecule has 3 aromatic heterocycles. The molecular formula is C24H16N6O3S. The Morgan fingerprint density at radius 3 is 2.41 bits per heavy atom. The van der Waals surface area contributed by atoms with Crippen LogP contribution in [0.2, 0.25) is 0 Å². The fourth-order valence-corrected chi connectivity index (χ4v) is 4.63. The smallest absolute Gasteiger partial charge is 0.282 e. The monoisotopic (exact) mass is 468 g/mol. The lowest BCUT2D eigenvalue weighted by atomic mass is 10.1. The molecule has 0 aliphatic heterocycles. The Bertz CT molecular complexity index is 1780. The maximum Gasteiger partial charge on any atom is 0.295 e. The summed E-state index contributed by atoms with van der Waals surface area (Å²) in [5.74, 6) is 0.738. The summed E-state index contributed by atoms with van der Waals surface area (Å²) in [5, 5.41) is 14.5. The number of hydrogen-bond acceptors (Lipinski definition) is 6. The lowest BCUT2D eigenvalue weighted by molar-refractivity contribution is 0.484. The van der Waals surface area contributed by atoms with E-state index in [-0.39, 0.29) is 4.90 Å². The predicted molar refractivity (Wildman–Crippen MR) is 127 cm³/mol. The number of benzene rings is 3. The van der Waals surface area contributed by atoms with Gasteiger partial charge in [0.25, 0.3) is 10.1 Å². The van der Waals surface area contributed by atoms with Crippen molar-refractivity contribution in [2.75, 3.05) is 0 Å². The minimum Gasteiger partial charge on any atom is -0.282 e. The Labute approximate surface area is 193 Å². The molecule has 6 aromatic rings. The Balaban J connectivity index is 1.37. The van der Waals surface area contributed by atoms with Gasteiger partial charge in [-0.1, -0.05) is 36.4 Å². The van der Waals surface area contributed by atoms with Gasteiger partial charge in [0, 0.05) is 28.7 Å². The van der Waals surface area contributed by atoms with E-state index in [4.69, 9.17) is 0 Å². The first-order valence-electron chi connectivity index (χ1n) is 10.3. The number of fused-ring (bicyclic) bond motifs is 3. The van der Waals surface area contributed by atoms with E-state index in [9.17, 15) is 13.0 Å². The SMILES string of the molecule is O=S(=O)(O)c1cccc2c1ccc1nn(-c3ccc(-c4cnn(-c5ccccn5)c4)cc3)nc12. The molecule has 0 atom stereocenters. The lowest BCUT2D eigenvalue weighted by Gasteiger charge is -2.03. The Hall–Kier alpha value is -4.41. The first-order valence-corrected chi connectivity index (χ1v) is 11.7. The van der Waals surface area contributed by atoms with Crippen LogP contribution < -0.4 is 0 Å². The molecular weight excluding hydrogens is 452 g/mol. The summed E-state index contributed by atoms with van der Waals surface area (Å²) in [6, 6.07) is 21.4. The molecule has 10 heteroatoms. The maximum atomic E-state index is 11.7. The normalized spacial score (nSPS) is 11.9. The molecule has 1 N–H and O–H groups in total. The van der Waals surface area contributed by atoms with Crippen molar-refractivity contribution in [3.8, 4) is 22.6 Å². The van der Waals surface area contributed by atoms with Crippen molar-refractivity contribution in [3.63, 3.8) is 0 Å². The summed E-state index contributed by atoms with van der Waals surface area (Å²) in [5.41, 5.74) is 3.82. The second-order valence-corrected chi connectivity index (χ2v) is 9.05. The van der Waals surface area contributed by atoms with Gasteiger partial charge in [-0.15, -0.1) is 10.2 Å². The minimum absolute atomic E-state index is 0.156. The van der Waals surface area contributed by atoms with E-state index >= 15 is 0 Å². The van der Waals surface area contributed by atoms with Crippen LogP contribution in [0.3, 0.4) is 0 Å². The highest BCUT2D eigenvalue weighted by Crippen LogP contribution is 2.29. The van der Waals surface area contributed by atoms with Crippen LogP contribution >= 0.6 is 0 Å². The Kier molecular flexibility index (Phi) is 4.51. The highest BCUT2D eigenvalue weighted by molar-refractivity contribution is 7.86. The van der Waals surface area contributed by atoms with Crippen LogP contribution in [0.25, 0.3) is 44.4 Å². The van der Waals surface area contributed by atoms with E-state index in [1.165, 1.54) is 10.9 Å². The molecule has 0 spiro atoms. The summed E-state index contributed by atoms with van der Waals surface area (Å²) >= 11 is 0. The zero-order valence-corrected chi connectivity index (χ0v) is 18.3. The van der Waals surface area contributed by atoms with Gasteiger partial charge in [-0.3, -0.25) is 4.55 Å². The number of pyridine rings is 1. The number of nitrogens with zero attached hydrogens (tertiary/aromatic N) is 6. The van der Waals surface area contributed by atoms with E-state index < -0.39 is 10.1 Å². The van der Waals surface area contributed by atoms with Crippen LogP contribution in [0, 0.1) is 0 Å². The van der Waals surface area contributed by atoms with Crippen molar-refractivity contribution in [3.05, 3.63) is 91.4 Å². The second-order valence-electron chi connectivity index (χ2n) is 7.66. The average Bonchev–Trinajstić information content (AvgIpc) is 3.52. The summed E-state index contributed by atoms with van der Waals surface area (Å²) < 4.78 is 34.8. The summed E-state index contributed by atoms with van der Waals surface area (Å²) in [6.45, 7) is 0. The van der Waals surface area contributed by atoms with Crippen molar-refractivity contribution in [1.29, 1.82) is 0 Å². The van der Waals surface area contributed by atoms with Crippen LogP contribution in [0.15, 0.2) is 96.3 Å². The molecule has 3 heterocycles. The van der Waals surface area contributed by atoms with E-state index in [0.717, 1.165) is 22.6 Å². The van der Waals surface area contributed by atoms with E-state index in [1.807, 2.05) is 48.7 Å². The molecule has 0 bridgehead atoms. The van der Waals surface area contributed by atoms with Gasteiger partial charge in [0.15, 0.2) is 5.82 Å². The number of rotatable bonds is 4. The van der Waals surface area contributed by atoms with Crippen molar-refractivity contribution in [2.24, 2.45) is 0 Å². The standard InChI is InChI=1S/C24H16N6O3S/c31-34(32,33)22-5-3-4-20-19(22)11-12-21-24(20)28-30(27-21)18-9-7-16(8-10-18)17-14-26-29(15-17)23-6-1-2-13-25-23/h1-15H,(H,31,32,33). The molecule has 0 saturated carbocycles. The zero-order chi connectivity index (χ0) is 23.3. The van der Waals surface area contributed by atoms with E-state index in [1.54, 1.807) is 41.3 Å². The fourth-order valence-electron chi connectivity index (χ4n) is 3.92. The van der Waals surface area contributed by atoms with Crippen molar-refractivity contribution >= 4 is 31.9 Å². The van der Waals surface area contributed by atoms with Crippen LogP contribution in [0.4, 0.5) is 0 Å². The topological polar surface area (TPSA) is 116 Å². The fraction of sp³-hybridized carbons (Fsp3) is 0. The Morgan fingerprint density at radius 1 is 0.794 bits per heavy atom. The second kappa shape index (κ2) is 7.58. The molecule has 34 heavy (non-hydrogen) atoms. The average molecular weight is 468 g/mol. The van der Waals surface area contributed by atoms with E-state index in [0.29, 0.717) is 21.8 Å². The van der Waals surface area contributed by atoms with Gasteiger partial charge in [0.05, 0.1) is 11.9 Å². The molecule has 9 nitrogen and oxygen atoms in total. The Morgan fingerprint density at radius 2 is 1.65 bits per heavy atom. The van der Waals surface area contributed by atoms with E-state index in [2.05, 4.69) is 20.3 Å². The molecule has 3 aromatic carbocycles. The molecule has 0 fully saturated rings. The van der Waals surface area contributed by atoms with Gasteiger partial charge in [0.2, 0.25) is 0 Å². The third-order valence-electron chi connectivity index (χ3n) is 5.54. The molecule has 6 rings (SSSR count). The minimum atomic E-state index is -4.36. The van der Waals surface area contributed by atoms with Crippen molar-refractivity contribution in [1.82, 2.24) is 29.8 Å². The third-order valence-corrected chi connectivity index (χ3v) is 6.46. The molecule has 166 valence electrons. The predicted octanol–water partition coefficient (Wildman–Crippen LogP) is 4.07. The van der Waals surface area contributed by atoms with Crippen LogP contribution in [0.5, 0.6) is 0 Å². The maximum absolute atomic E-state index is 11.7. The summed E-state index contributed by atoms with van der Waals surface area (Å²) in [6.07, 6.45) is 5.42. The number of aromatic nitrogens is 6. The number of hydrogen-bond donors (Lipinski definition) is 1. The van der Waals surface area contributed by atoms with Gasteiger partial charge in [0.1, 0.15) is 15.9 Å². The lowest BCUT2D eigenvalue weighted by Crippen LogP contribution is -1.99. The van der Waals surface area contributed by atoms with Gasteiger partial charge < -0.3 is 0 Å². The highest BCUT2D eigenvalue weighted by atomic mass is 32.2. The van der Waals surface area contributed by atoms with Gasteiger partial charge in [-0.2, -0.15) is 18.3 Å². The van der Waals surface area contributed by atoms with Crippen molar-refractivity contribution in [2.45, 2.75) is 4.90 Å². The third kappa shape index (κ3) is 3.41. The van der Waals surface area contributed by atoms with Crippen LogP contribution in [-0.4, -0.2) is 42.7 Å². The quantitative estimate of drug-likeness (QED) is 0.388. The summed E-state index contributed by atoms with van der Waals surface area (Å²) in [7, 11) is -4.36. The molecule has 0 amide bonds. The zero-order valence-electron chi connectivity index (χ0n) is 17.5. The highest BCUT2D eigenvalue weighted by Gasteiger charge is 2.17. The molecule has 0 unspecified atom stereocenters. The van der Waals surface area contributed by atoms with Gasteiger partial charge >= 0.3 is 0 Å². The van der Waals surface area contributed by atoms with Crippen molar-refractivity contribution < 1.29 is 13.0 Å². The van der Waals surface area contributed by atoms with Crippen LogP contribution in [-0.2, 0) is 10.1 Å². The molecule has 0 saturated heterocycles. The first kappa shape index (κ1) is 20.2. The van der Waals surface area contributed by atoms with Crippen LogP contribution in [0.1, 0.15) is 0 Å². The van der Waals surface area contributed by atoms with Gasteiger partial charge in [-0.25, -0.2) is 9.67 Å².